The van der Waals surface area contributed by atoms with E-state index in [2.05, 4.69) is 4.90 Å². The zero-order chi connectivity index (χ0) is 17.8. The zero-order valence-electron chi connectivity index (χ0n) is 14.5. The fourth-order valence-electron chi connectivity index (χ4n) is 4.15. The Morgan fingerprint density at radius 1 is 1.08 bits per heavy atom. The molecule has 26 heavy (non-hydrogen) atoms. The summed E-state index contributed by atoms with van der Waals surface area (Å²) >= 11 is 6.29. The number of anilines is 1. The highest BCUT2D eigenvalue weighted by atomic mass is 35.5. The average Bonchev–Trinajstić information content (AvgIpc) is 3.14. The summed E-state index contributed by atoms with van der Waals surface area (Å²) in [6.07, 6.45) is 2.77. The van der Waals surface area contributed by atoms with Gasteiger partial charge in [-0.2, -0.15) is 0 Å². The second-order valence-electron chi connectivity index (χ2n) is 6.97. The Hall–Kier alpha value is -2.46. The molecule has 0 fully saturated rings. The van der Waals surface area contributed by atoms with Gasteiger partial charge in [0.25, 0.3) is 0 Å². The van der Waals surface area contributed by atoms with Crippen LogP contribution in [0.3, 0.4) is 0 Å². The molecule has 1 aliphatic carbocycles. The fraction of sp³-hybridized carbons (Fsp3) is 0.286. The van der Waals surface area contributed by atoms with Gasteiger partial charge < -0.3 is 14.1 Å². The topological polar surface area (TPSA) is 42.7 Å². The summed E-state index contributed by atoms with van der Waals surface area (Å²) in [5, 5.41) is 1.78. The van der Waals surface area contributed by atoms with E-state index in [1.54, 1.807) is 0 Å². The van der Waals surface area contributed by atoms with Crippen LogP contribution in [0.2, 0.25) is 5.02 Å². The molecule has 2 aliphatic rings. The molecule has 132 valence electrons. The number of fused-ring (bicyclic) bond motifs is 5. The molecule has 0 bridgehead atoms. The van der Waals surface area contributed by atoms with Crippen LogP contribution in [-0.2, 0) is 19.4 Å². The molecule has 0 saturated heterocycles. The van der Waals surface area contributed by atoms with Crippen molar-refractivity contribution < 1.29 is 9.15 Å². The first-order valence-corrected chi connectivity index (χ1v) is 9.24. The standard InChI is InChI=1S/C21H18ClNO3/c1-12-17(22)6-3-7-18(12)23-10-16-19(25-11-23)9-8-14-13-4-2-5-15(13)21(24)26-20(14)16/h3,6-9H,2,4-5,10-11H2,1H3. The van der Waals surface area contributed by atoms with Gasteiger partial charge in [-0.3, -0.25) is 0 Å². The maximum Gasteiger partial charge on any atom is 0.339 e. The van der Waals surface area contributed by atoms with Gasteiger partial charge in [0, 0.05) is 21.7 Å². The molecule has 0 amide bonds. The van der Waals surface area contributed by atoms with Gasteiger partial charge in [-0.25, -0.2) is 4.79 Å². The molecule has 5 rings (SSSR count). The minimum atomic E-state index is -0.200. The highest BCUT2D eigenvalue weighted by Crippen LogP contribution is 2.38. The largest absolute Gasteiger partial charge is 0.473 e. The lowest BCUT2D eigenvalue weighted by atomic mass is 10.0. The number of ether oxygens (including phenoxy) is 1. The number of aryl methyl sites for hydroxylation is 1. The van der Waals surface area contributed by atoms with E-state index in [1.807, 2.05) is 37.3 Å². The van der Waals surface area contributed by atoms with Crippen molar-refractivity contribution in [3.05, 3.63) is 68.0 Å². The van der Waals surface area contributed by atoms with E-state index in [1.165, 1.54) is 0 Å². The summed E-state index contributed by atoms with van der Waals surface area (Å²) in [5.41, 5.74) is 5.44. The normalized spacial score (nSPS) is 15.7. The fourth-order valence-corrected chi connectivity index (χ4v) is 4.32. The molecule has 4 nitrogen and oxygen atoms in total. The molecular weight excluding hydrogens is 350 g/mol. The maximum atomic E-state index is 12.4. The molecule has 0 spiro atoms. The third kappa shape index (κ3) is 2.25. The highest BCUT2D eigenvalue weighted by molar-refractivity contribution is 6.31. The molecule has 3 aromatic rings. The van der Waals surface area contributed by atoms with Gasteiger partial charge in [-0.05, 0) is 61.6 Å². The number of nitrogens with zero attached hydrogens (tertiary/aromatic N) is 1. The summed E-state index contributed by atoms with van der Waals surface area (Å²) in [7, 11) is 0. The van der Waals surface area contributed by atoms with E-state index >= 15 is 0 Å². The highest BCUT2D eigenvalue weighted by Gasteiger charge is 2.26. The van der Waals surface area contributed by atoms with Crippen LogP contribution in [0, 0.1) is 6.92 Å². The van der Waals surface area contributed by atoms with E-state index in [4.69, 9.17) is 20.8 Å². The van der Waals surface area contributed by atoms with Crippen molar-refractivity contribution in [1.29, 1.82) is 0 Å². The molecule has 0 unspecified atom stereocenters. The molecule has 5 heteroatoms. The van der Waals surface area contributed by atoms with Gasteiger partial charge in [0.05, 0.1) is 12.1 Å². The maximum absolute atomic E-state index is 12.4. The van der Waals surface area contributed by atoms with Crippen LogP contribution in [0.4, 0.5) is 5.69 Å². The first kappa shape index (κ1) is 15.8. The van der Waals surface area contributed by atoms with Gasteiger partial charge in [0.15, 0.2) is 6.73 Å². The van der Waals surface area contributed by atoms with Crippen molar-refractivity contribution in [3.8, 4) is 5.75 Å². The summed E-state index contributed by atoms with van der Waals surface area (Å²) in [5.74, 6) is 0.787. The third-order valence-corrected chi connectivity index (χ3v) is 5.92. The molecule has 0 atom stereocenters. The Kier molecular flexibility index (Phi) is 3.50. The Bertz CT molecular complexity index is 1100. The van der Waals surface area contributed by atoms with Crippen molar-refractivity contribution in [2.24, 2.45) is 0 Å². The molecule has 1 aliphatic heterocycles. The lowest BCUT2D eigenvalue weighted by molar-refractivity contribution is 0.289. The Morgan fingerprint density at radius 3 is 2.81 bits per heavy atom. The smallest absolute Gasteiger partial charge is 0.339 e. The number of rotatable bonds is 1. The van der Waals surface area contributed by atoms with Crippen LogP contribution in [0.25, 0.3) is 11.0 Å². The lowest BCUT2D eigenvalue weighted by Crippen LogP contribution is -2.32. The van der Waals surface area contributed by atoms with E-state index in [0.717, 1.165) is 63.4 Å². The predicted molar refractivity (Wildman–Crippen MR) is 102 cm³/mol. The van der Waals surface area contributed by atoms with E-state index < -0.39 is 0 Å². The average molecular weight is 368 g/mol. The first-order chi connectivity index (χ1) is 12.6. The monoisotopic (exact) mass is 367 g/mol. The van der Waals surface area contributed by atoms with Crippen LogP contribution >= 0.6 is 11.6 Å². The van der Waals surface area contributed by atoms with Gasteiger partial charge in [0.2, 0.25) is 0 Å². The Balaban J connectivity index is 1.67. The lowest BCUT2D eigenvalue weighted by Gasteiger charge is -2.32. The Morgan fingerprint density at radius 2 is 1.92 bits per heavy atom. The molecule has 2 aromatic carbocycles. The van der Waals surface area contributed by atoms with Gasteiger partial charge >= 0.3 is 5.63 Å². The van der Waals surface area contributed by atoms with Gasteiger partial charge in [-0.15, -0.1) is 0 Å². The number of benzene rings is 2. The summed E-state index contributed by atoms with van der Waals surface area (Å²) in [4.78, 5) is 14.5. The zero-order valence-corrected chi connectivity index (χ0v) is 15.2. The van der Waals surface area contributed by atoms with Gasteiger partial charge in [0.1, 0.15) is 11.3 Å². The predicted octanol–water partition coefficient (Wildman–Crippen LogP) is 4.60. The van der Waals surface area contributed by atoms with Crippen molar-refractivity contribution in [3.63, 3.8) is 0 Å². The van der Waals surface area contributed by atoms with Crippen LogP contribution in [0.1, 0.15) is 28.7 Å². The van der Waals surface area contributed by atoms with Crippen LogP contribution in [0.15, 0.2) is 39.5 Å². The van der Waals surface area contributed by atoms with Crippen molar-refractivity contribution in [1.82, 2.24) is 0 Å². The van der Waals surface area contributed by atoms with Crippen molar-refractivity contribution in [2.45, 2.75) is 32.7 Å². The van der Waals surface area contributed by atoms with E-state index in [0.29, 0.717) is 18.9 Å². The van der Waals surface area contributed by atoms with Crippen LogP contribution < -0.4 is 15.3 Å². The molecule has 1 aromatic heterocycles. The van der Waals surface area contributed by atoms with E-state index in [-0.39, 0.29) is 5.63 Å². The third-order valence-electron chi connectivity index (χ3n) is 5.51. The Labute approximate surface area is 155 Å². The number of hydrogen-bond acceptors (Lipinski definition) is 4. The van der Waals surface area contributed by atoms with E-state index in [9.17, 15) is 4.79 Å². The first-order valence-electron chi connectivity index (χ1n) is 8.87. The quantitative estimate of drug-likeness (QED) is 0.589. The van der Waals surface area contributed by atoms with Crippen LogP contribution in [-0.4, -0.2) is 6.73 Å². The second-order valence-corrected chi connectivity index (χ2v) is 7.38. The van der Waals surface area contributed by atoms with Crippen molar-refractivity contribution in [2.75, 3.05) is 11.6 Å². The minimum Gasteiger partial charge on any atom is -0.473 e. The molecule has 0 N–H and O–H groups in total. The summed E-state index contributed by atoms with van der Waals surface area (Å²) < 4.78 is 11.7. The van der Waals surface area contributed by atoms with Crippen molar-refractivity contribution >= 4 is 28.3 Å². The van der Waals surface area contributed by atoms with Crippen LogP contribution in [0.5, 0.6) is 5.75 Å². The summed E-state index contributed by atoms with van der Waals surface area (Å²) in [6.45, 7) is 3.06. The number of halogens is 1. The molecule has 0 radical (unpaired) electrons. The second kappa shape index (κ2) is 5.78. The summed E-state index contributed by atoms with van der Waals surface area (Å²) in [6, 6.07) is 9.89. The molecular formula is C21H18ClNO3. The SMILES string of the molecule is Cc1c(Cl)cccc1N1COc2ccc3c4c(c(=O)oc3c2C1)CCC4. The number of hydrogen-bond donors (Lipinski definition) is 0. The van der Waals surface area contributed by atoms with Gasteiger partial charge in [-0.1, -0.05) is 17.7 Å². The minimum absolute atomic E-state index is 0.200. The molecule has 2 heterocycles. The molecule has 0 saturated carbocycles.